The molecule has 4 aliphatic carbocycles. The fourth-order valence-electron chi connectivity index (χ4n) is 6.67. The van der Waals surface area contributed by atoms with Crippen LogP contribution in [-0.2, 0) is 10.3 Å². The average Bonchev–Trinajstić information content (AvgIpc) is 3.09. The maximum Gasteiger partial charge on any atom is 0.224 e. The zero-order chi connectivity index (χ0) is 20.1. The van der Waals surface area contributed by atoms with Crippen molar-refractivity contribution in [3.63, 3.8) is 0 Å². The van der Waals surface area contributed by atoms with Gasteiger partial charge in [0.15, 0.2) is 5.82 Å². The van der Waals surface area contributed by atoms with Crippen LogP contribution in [0.1, 0.15) is 57.7 Å². The Kier molecular flexibility index (Phi) is 4.37. The number of amides is 1. The van der Waals surface area contributed by atoms with Gasteiger partial charge in [-0.15, -0.1) is 10.2 Å². The Hall–Kier alpha value is -2.44. The van der Waals surface area contributed by atoms with E-state index in [1.165, 1.54) is 6.42 Å². The third kappa shape index (κ3) is 3.40. The van der Waals surface area contributed by atoms with Crippen molar-refractivity contribution in [2.45, 2.75) is 64.3 Å². The zero-order valence-corrected chi connectivity index (χ0v) is 17.2. The molecule has 4 fully saturated rings. The fourth-order valence-corrected chi connectivity index (χ4v) is 6.67. The first-order valence-corrected chi connectivity index (χ1v) is 10.8. The van der Waals surface area contributed by atoms with Crippen LogP contribution in [0.3, 0.4) is 0 Å². The number of tetrazole rings is 1. The Morgan fingerprint density at radius 2 is 1.93 bits per heavy atom. The van der Waals surface area contributed by atoms with Gasteiger partial charge in [0.25, 0.3) is 0 Å². The number of carbonyl (C=O) groups is 1. The first-order chi connectivity index (χ1) is 14.0. The lowest BCUT2D eigenvalue weighted by Crippen LogP contribution is -2.57. The SMILES string of the molecule is CCOc1ccc(NC(=O)CC23CC4CC(C2)CC(n2nnc(C)n2)(C4)C3)cc1. The average molecular weight is 396 g/mol. The van der Waals surface area contributed by atoms with E-state index in [-0.39, 0.29) is 16.9 Å². The molecule has 7 heteroatoms. The number of anilines is 1. The summed E-state index contributed by atoms with van der Waals surface area (Å²) >= 11 is 0. The second-order valence-electron chi connectivity index (χ2n) is 9.49. The molecule has 0 saturated heterocycles. The predicted molar refractivity (Wildman–Crippen MR) is 109 cm³/mol. The highest BCUT2D eigenvalue weighted by atomic mass is 16.5. The lowest BCUT2D eigenvalue weighted by Gasteiger charge is -2.61. The second kappa shape index (κ2) is 6.82. The number of ether oxygens (including phenoxy) is 1. The molecule has 2 unspecified atom stereocenters. The Labute approximate surface area is 171 Å². The highest BCUT2D eigenvalue weighted by molar-refractivity contribution is 5.91. The van der Waals surface area contributed by atoms with Gasteiger partial charge in [-0.25, -0.2) is 0 Å². The zero-order valence-electron chi connectivity index (χ0n) is 17.2. The van der Waals surface area contributed by atoms with Crippen LogP contribution in [0.2, 0.25) is 0 Å². The maximum absolute atomic E-state index is 13.0. The minimum Gasteiger partial charge on any atom is -0.494 e. The van der Waals surface area contributed by atoms with Crippen LogP contribution < -0.4 is 10.1 Å². The number of hydrogen-bond acceptors (Lipinski definition) is 5. The summed E-state index contributed by atoms with van der Waals surface area (Å²) in [6.45, 7) is 4.49. The van der Waals surface area contributed by atoms with Crippen LogP contribution in [0.5, 0.6) is 5.75 Å². The van der Waals surface area contributed by atoms with Crippen molar-refractivity contribution in [2.75, 3.05) is 11.9 Å². The van der Waals surface area contributed by atoms with E-state index in [0.29, 0.717) is 24.9 Å². The molecule has 0 spiro atoms. The molecule has 1 aromatic carbocycles. The van der Waals surface area contributed by atoms with Gasteiger partial charge in [0.1, 0.15) is 5.75 Å². The number of hydrogen-bond donors (Lipinski definition) is 1. The summed E-state index contributed by atoms with van der Waals surface area (Å²) in [5.41, 5.74) is 0.831. The highest BCUT2D eigenvalue weighted by Gasteiger charge is 2.59. The van der Waals surface area contributed by atoms with Gasteiger partial charge in [-0.2, -0.15) is 4.80 Å². The first-order valence-electron chi connectivity index (χ1n) is 10.8. The van der Waals surface area contributed by atoms with E-state index < -0.39 is 0 Å². The minimum absolute atomic E-state index is 0.0508. The molecule has 0 aliphatic heterocycles. The molecule has 2 atom stereocenters. The van der Waals surface area contributed by atoms with Crippen LogP contribution in [-0.4, -0.2) is 32.7 Å². The summed E-state index contributed by atoms with van der Waals surface area (Å²) in [6, 6.07) is 7.62. The maximum atomic E-state index is 13.0. The Balaban J connectivity index is 1.32. The lowest BCUT2D eigenvalue weighted by molar-refractivity contribution is -0.135. The third-order valence-electron chi connectivity index (χ3n) is 7.07. The van der Waals surface area contributed by atoms with Crippen LogP contribution in [0.4, 0.5) is 5.69 Å². The smallest absolute Gasteiger partial charge is 0.224 e. The predicted octanol–water partition coefficient (Wildman–Crippen LogP) is 3.70. The number of rotatable bonds is 6. The van der Waals surface area contributed by atoms with Crippen molar-refractivity contribution in [1.82, 2.24) is 20.2 Å². The molecule has 2 aromatic rings. The summed E-state index contributed by atoms with van der Waals surface area (Å²) in [4.78, 5) is 14.8. The molecule has 4 aliphatic rings. The van der Waals surface area contributed by atoms with E-state index in [4.69, 9.17) is 4.74 Å². The second-order valence-corrected chi connectivity index (χ2v) is 9.49. The van der Waals surface area contributed by atoms with Crippen molar-refractivity contribution < 1.29 is 9.53 Å². The van der Waals surface area contributed by atoms with E-state index >= 15 is 0 Å². The molecule has 6 rings (SSSR count). The molecule has 1 heterocycles. The standard InChI is InChI=1S/C22H29N5O2/c1-3-29-19-6-4-18(5-7-19)23-20(28)13-21-9-16-8-17(10-21)12-22(11-16,14-21)27-25-15(2)24-26-27/h4-7,16-17H,3,8-14H2,1-2H3,(H,23,28). The number of aryl methyl sites for hydroxylation is 1. The van der Waals surface area contributed by atoms with Gasteiger partial charge >= 0.3 is 0 Å². The topological polar surface area (TPSA) is 81.9 Å². The summed E-state index contributed by atoms with van der Waals surface area (Å²) < 4.78 is 5.48. The van der Waals surface area contributed by atoms with Gasteiger partial charge in [-0.3, -0.25) is 4.79 Å². The quantitative estimate of drug-likeness (QED) is 0.806. The normalized spacial score (nSPS) is 32.3. The molecular weight excluding hydrogens is 366 g/mol. The Morgan fingerprint density at radius 1 is 1.21 bits per heavy atom. The summed E-state index contributed by atoms with van der Waals surface area (Å²) in [5.74, 6) is 2.99. The van der Waals surface area contributed by atoms with E-state index in [0.717, 1.165) is 49.4 Å². The van der Waals surface area contributed by atoms with Crippen molar-refractivity contribution in [3.05, 3.63) is 30.1 Å². The van der Waals surface area contributed by atoms with Gasteiger partial charge in [-0.05, 0) is 99.1 Å². The van der Waals surface area contributed by atoms with E-state index in [1.807, 2.05) is 42.9 Å². The van der Waals surface area contributed by atoms with Crippen LogP contribution in [0.25, 0.3) is 0 Å². The van der Waals surface area contributed by atoms with Gasteiger partial charge in [-0.1, -0.05) is 0 Å². The molecular formula is C22H29N5O2. The minimum atomic E-state index is -0.0508. The van der Waals surface area contributed by atoms with Crippen molar-refractivity contribution in [1.29, 1.82) is 0 Å². The van der Waals surface area contributed by atoms with Crippen LogP contribution in [0, 0.1) is 24.2 Å². The molecule has 29 heavy (non-hydrogen) atoms. The van der Waals surface area contributed by atoms with E-state index in [1.54, 1.807) is 0 Å². The lowest BCUT2D eigenvalue weighted by atomic mass is 9.46. The van der Waals surface area contributed by atoms with Gasteiger partial charge in [0, 0.05) is 12.1 Å². The largest absolute Gasteiger partial charge is 0.494 e. The van der Waals surface area contributed by atoms with E-state index in [9.17, 15) is 4.79 Å². The molecule has 4 bridgehead atoms. The molecule has 1 aromatic heterocycles. The molecule has 154 valence electrons. The fraction of sp³-hybridized carbons (Fsp3) is 0.636. The van der Waals surface area contributed by atoms with Crippen molar-refractivity contribution in [2.24, 2.45) is 17.3 Å². The number of aromatic nitrogens is 4. The summed E-state index contributed by atoms with van der Waals surface area (Å²) in [7, 11) is 0. The summed E-state index contributed by atoms with van der Waals surface area (Å²) in [6.07, 6.45) is 7.40. The first kappa shape index (κ1) is 18.6. The van der Waals surface area contributed by atoms with Crippen molar-refractivity contribution in [3.8, 4) is 5.75 Å². The Morgan fingerprint density at radius 3 is 2.55 bits per heavy atom. The van der Waals surface area contributed by atoms with Gasteiger partial charge in [0.2, 0.25) is 5.91 Å². The number of benzene rings is 1. The third-order valence-corrected chi connectivity index (χ3v) is 7.07. The summed E-state index contributed by atoms with van der Waals surface area (Å²) in [5, 5.41) is 16.2. The molecule has 7 nitrogen and oxygen atoms in total. The van der Waals surface area contributed by atoms with Gasteiger partial charge in [0.05, 0.1) is 12.1 Å². The van der Waals surface area contributed by atoms with Crippen LogP contribution in [0.15, 0.2) is 24.3 Å². The van der Waals surface area contributed by atoms with Gasteiger partial charge < -0.3 is 10.1 Å². The number of nitrogens with one attached hydrogen (secondary N) is 1. The Bertz CT molecular complexity index is 892. The van der Waals surface area contributed by atoms with Crippen molar-refractivity contribution >= 4 is 11.6 Å². The molecule has 0 radical (unpaired) electrons. The van der Waals surface area contributed by atoms with Crippen LogP contribution >= 0.6 is 0 Å². The molecule has 1 amide bonds. The number of nitrogens with zero attached hydrogens (tertiary/aromatic N) is 4. The van der Waals surface area contributed by atoms with E-state index in [2.05, 4.69) is 20.7 Å². The molecule has 1 N–H and O–H groups in total. The molecule has 4 saturated carbocycles. The number of carbonyl (C=O) groups excluding carboxylic acids is 1. The highest BCUT2D eigenvalue weighted by Crippen LogP contribution is 2.65. The monoisotopic (exact) mass is 395 g/mol.